The van der Waals surface area contributed by atoms with Crippen LogP contribution in [0.3, 0.4) is 0 Å². The number of unbranched alkanes of at least 4 members (excludes halogenated alkanes) is 8. The molecule has 0 aliphatic heterocycles. The molecule has 0 bridgehead atoms. The molecule has 1 aliphatic rings. The highest BCUT2D eigenvalue weighted by Crippen LogP contribution is 2.47. The zero-order valence-electron chi connectivity index (χ0n) is 23.4. The first-order valence-electron chi connectivity index (χ1n) is 14.2. The zero-order valence-corrected chi connectivity index (χ0v) is 24.3. The molecule has 1 saturated carbocycles. The van der Waals surface area contributed by atoms with Crippen molar-refractivity contribution in [2.24, 2.45) is 0 Å². The summed E-state index contributed by atoms with van der Waals surface area (Å²) in [6, 6.07) is 0. The minimum Gasteiger partial charge on any atom is -0.463 e. The van der Waals surface area contributed by atoms with E-state index >= 15 is 0 Å². The van der Waals surface area contributed by atoms with E-state index in [4.69, 9.17) is 4.74 Å². The summed E-state index contributed by atoms with van der Waals surface area (Å²) >= 11 is 0. The van der Waals surface area contributed by atoms with Crippen LogP contribution < -0.4 is 0 Å². The van der Waals surface area contributed by atoms with Gasteiger partial charge in [-0.05, 0) is 38.5 Å². The SMILES string of the molecule is CCCCC/C=C\C/C=C\CCCCCCCC(=O)OC[C@@H](O)COP(=O)(O)OC1[C@@H](O)[C@H](O)C(O)[C@H](O)[C@@H]1O. The molecular weight excluding hydrogens is 547 g/mol. The first kappa shape index (κ1) is 36.8. The average Bonchev–Trinajstić information content (AvgIpc) is 2.93. The van der Waals surface area contributed by atoms with Crippen LogP contribution >= 0.6 is 7.82 Å². The van der Waals surface area contributed by atoms with Crippen LogP contribution in [-0.4, -0.2) is 97.4 Å². The van der Waals surface area contributed by atoms with Crippen molar-refractivity contribution < 1.29 is 58.7 Å². The lowest BCUT2D eigenvalue weighted by Crippen LogP contribution is -2.64. The molecule has 234 valence electrons. The Balaban J connectivity index is 2.11. The van der Waals surface area contributed by atoms with Crippen LogP contribution in [0.5, 0.6) is 0 Å². The van der Waals surface area contributed by atoms with Gasteiger partial charge in [0.15, 0.2) is 0 Å². The molecule has 1 fully saturated rings. The maximum absolute atomic E-state index is 12.1. The highest BCUT2D eigenvalue weighted by atomic mass is 31.2. The standard InChI is InChI=1S/C27H49O12P/c1-2-3-4-5-6-7-8-9-10-11-12-13-14-15-16-17-21(29)37-18-20(28)19-38-40(35,36)39-27-25(33)23(31)22(30)24(32)26(27)34/h6-7,9-10,20,22-28,30-34H,2-5,8,11-19H2,1H3,(H,35,36)/b7-6-,10-9-/t20-,22?,23-,24+,25+,26+,27?/m1/s1. The van der Waals surface area contributed by atoms with E-state index in [1.54, 1.807) is 0 Å². The van der Waals surface area contributed by atoms with Crippen LogP contribution in [0.1, 0.15) is 84.0 Å². The number of carbonyl (C=O) groups excluding carboxylic acids is 1. The Labute approximate surface area is 236 Å². The molecule has 3 unspecified atom stereocenters. The number of ether oxygens (including phenoxy) is 1. The Hall–Kier alpha value is -1.18. The second-order valence-electron chi connectivity index (χ2n) is 10.1. The monoisotopic (exact) mass is 596 g/mol. The molecule has 0 aromatic carbocycles. The number of allylic oxidation sites excluding steroid dienone is 4. The Morgan fingerprint density at radius 1 is 0.775 bits per heavy atom. The molecule has 1 rings (SSSR count). The summed E-state index contributed by atoms with van der Waals surface area (Å²) in [5.41, 5.74) is 0. The Morgan fingerprint density at radius 2 is 1.30 bits per heavy atom. The van der Waals surface area contributed by atoms with Gasteiger partial charge in [-0.1, -0.05) is 63.3 Å². The van der Waals surface area contributed by atoms with Gasteiger partial charge in [-0.2, -0.15) is 0 Å². The van der Waals surface area contributed by atoms with Crippen molar-refractivity contribution in [2.45, 2.75) is 127 Å². The van der Waals surface area contributed by atoms with E-state index in [0.717, 1.165) is 44.9 Å². The van der Waals surface area contributed by atoms with E-state index in [0.29, 0.717) is 6.42 Å². The topological polar surface area (TPSA) is 203 Å². The maximum Gasteiger partial charge on any atom is 0.472 e. The molecule has 0 aromatic heterocycles. The summed E-state index contributed by atoms with van der Waals surface area (Å²) in [7, 11) is -4.99. The normalized spacial score (nSPS) is 27.7. The minimum absolute atomic E-state index is 0.174. The van der Waals surface area contributed by atoms with Gasteiger partial charge in [-0.15, -0.1) is 0 Å². The highest BCUT2D eigenvalue weighted by molar-refractivity contribution is 7.47. The van der Waals surface area contributed by atoms with Crippen molar-refractivity contribution in [1.82, 2.24) is 0 Å². The van der Waals surface area contributed by atoms with E-state index in [-0.39, 0.29) is 6.42 Å². The number of aliphatic hydroxyl groups excluding tert-OH is 6. The van der Waals surface area contributed by atoms with E-state index in [9.17, 15) is 44.9 Å². The van der Waals surface area contributed by atoms with Gasteiger partial charge in [0.25, 0.3) is 0 Å². The van der Waals surface area contributed by atoms with Crippen molar-refractivity contribution >= 4 is 13.8 Å². The first-order valence-corrected chi connectivity index (χ1v) is 15.7. The fourth-order valence-electron chi connectivity index (χ4n) is 4.08. The van der Waals surface area contributed by atoms with Gasteiger partial charge in [0.1, 0.15) is 49.3 Å². The van der Waals surface area contributed by atoms with E-state index < -0.39 is 69.7 Å². The van der Waals surface area contributed by atoms with Crippen LogP contribution in [0.2, 0.25) is 0 Å². The summed E-state index contributed by atoms with van der Waals surface area (Å²) in [5.74, 6) is -0.525. The van der Waals surface area contributed by atoms with Gasteiger partial charge < -0.3 is 40.3 Å². The molecule has 0 saturated heterocycles. The minimum atomic E-state index is -4.99. The third-order valence-electron chi connectivity index (χ3n) is 6.53. The van der Waals surface area contributed by atoms with Crippen LogP contribution in [0.4, 0.5) is 0 Å². The molecule has 0 spiro atoms. The van der Waals surface area contributed by atoms with E-state index in [1.165, 1.54) is 19.3 Å². The number of carbonyl (C=O) groups is 1. The third kappa shape index (κ3) is 15.2. The molecule has 40 heavy (non-hydrogen) atoms. The number of esters is 1. The summed E-state index contributed by atoms with van der Waals surface area (Å²) in [5, 5.41) is 58.5. The van der Waals surface area contributed by atoms with Gasteiger partial charge in [0.2, 0.25) is 0 Å². The largest absolute Gasteiger partial charge is 0.472 e. The van der Waals surface area contributed by atoms with Crippen molar-refractivity contribution in [1.29, 1.82) is 0 Å². The summed E-state index contributed by atoms with van der Waals surface area (Å²) in [4.78, 5) is 21.7. The first-order chi connectivity index (χ1) is 19.0. The zero-order chi connectivity index (χ0) is 30.0. The molecule has 0 aromatic rings. The Bertz CT molecular complexity index is 775. The number of phosphoric acid groups is 1. The Kier molecular flexibility index (Phi) is 19.0. The predicted molar refractivity (Wildman–Crippen MR) is 147 cm³/mol. The number of rotatable bonds is 21. The second-order valence-corrected chi connectivity index (χ2v) is 11.5. The summed E-state index contributed by atoms with van der Waals surface area (Å²) in [6.45, 7) is 0.932. The number of aliphatic hydroxyl groups is 6. The molecule has 0 radical (unpaired) electrons. The summed E-state index contributed by atoms with van der Waals surface area (Å²) < 4.78 is 26.3. The van der Waals surface area contributed by atoms with Gasteiger partial charge >= 0.3 is 13.8 Å². The van der Waals surface area contributed by atoms with Crippen LogP contribution in [0.25, 0.3) is 0 Å². The molecule has 13 heteroatoms. The average molecular weight is 597 g/mol. The van der Waals surface area contributed by atoms with Crippen LogP contribution in [0.15, 0.2) is 24.3 Å². The number of hydrogen-bond acceptors (Lipinski definition) is 11. The van der Waals surface area contributed by atoms with Gasteiger partial charge in [0, 0.05) is 6.42 Å². The lowest BCUT2D eigenvalue weighted by atomic mass is 9.85. The van der Waals surface area contributed by atoms with Crippen LogP contribution in [-0.2, 0) is 23.1 Å². The van der Waals surface area contributed by atoms with Crippen molar-refractivity contribution in [3.63, 3.8) is 0 Å². The van der Waals surface area contributed by atoms with Crippen LogP contribution in [0, 0.1) is 0 Å². The highest BCUT2D eigenvalue weighted by Gasteiger charge is 2.51. The smallest absolute Gasteiger partial charge is 0.463 e. The Morgan fingerprint density at radius 3 is 1.90 bits per heavy atom. The van der Waals surface area contributed by atoms with Crippen molar-refractivity contribution in [3.05, 3.63) is 24.3 Å². The fraction of sp³-hybridized carbons (Fsp3) is 0.815. The predicted octanol–water partition coefficient (Wildman–Crippen LogP) is 2.02. The molecule has 8 atom stereocenters. The second kappa shape index (κ2) is 20.7. The van der Waals surface area contributed by atoms with E-state index in [2.05, 4.69) is 40.3 Å². The van der Waals surface area contributed by atoms with Crippen molar-refractivity contribution in [2.75, 3.05) is 13.2 Å². The molecule has 0 heterocycles. The molecule has 12 nitrogen and oxygen atoms in total. The quantitative estimate of drug-likeness (QED) is 0.0440. The van der Waals surface area contributed by atoms with E-state index in [1.807, 2.05) is 0 Å². The molecular formula is C27H49O12P. The maximum atomic E-state index is 12.1. The lowest BCUT2D eigenvalue weighted by Gasteiger charge is -2.41. The number of hydrogen-bond donors (Lipinski definition) is 7. The van der Waals surface area contributed by atoms with Gasteiger partial charge in [-0.25, -0.2) is 4.57 Å². The fourth-order valence-corrected chi connectivity index (χ4v) is 5.05. The van der Waals surface area contributed by atoms with Crippen molar-refractivity contribution in [3.8, 4) is 0 Å². The molecule has 0 amide bonds. The molecule has 7 N–H and O–H groups in total. The molecule has 1 aliphatic carbocycles. The number of phosphoric ester groups is 1. The van der Waals surface area contributed by atoms with Gasteiger partial charge in [0.05, 0.1) is 6.61 Å². The van der Waals surface area contributed by atoms with Gasteiger partial charge in [-0.3, -0.25) is 13.8 Å². The lowest BCUT2D eigenvalue weighted by molar-refractivity contribution is -0.220. The summed E-state index contributed by atoms with van der Waals surface area (Å²) in [6.07, 6.45) is 7.40. The third-order valence-corrected chi connectivity index (χ3v) is 7.51.